The second-order valence-electron chi connectivity index (χ2n) is 4.62. The molecular formula is C12H14BrN5. The first-order chi connectivity index (χ1) is 8.74. The monoisotopic (exact) mass is 307 g/mol. The van der Waals surface area contributed by atoms with Crippen LogP contribution in [-0.2, 0) is 6.54 Å². The molecule has 0 saturated heterocycles. The lowest BCUT2D eigenvalue weighted by atomic mass is 10.2. The van der Waals surface area contributed by atoms with Gasteiger partial charge in [-0.25, -0.2) is 0 Å². The smallest absolute Gasteiger partial charge is 0.170 e. The van der Waals surface area contributed by atoms with E-state index in [1.807, 2.05) is 6.07 Å². The Morgan fingerprint density at radius 3 is 3.06 bits per heavy atom. The first kappa shape index (κ1) is 11.8. The Balaban J connectivity index is 1.90. The van der Waals surface area contributed by atoms with Crippen LogP contribution in [-0.4, -0.2) is 26.2 Å². The zero-order valence-corrected chi connectivity index (χ0v) is 11.7. The van der Waals surface area contributed by atoms with Crippen LogP contribution < -0.4 is 5.32 Å². The SMILES string of the molecule is Cc1ccc(Br)c(-n2nnnc2CNC2CC2)c1. The molecule has 2 aromatic rings. The quantitative estimate of drug-likeness (QED) is 0.938. The normalized spacial score (nSPS) is 15.0. The van der Waals surface area contributed by atoms with Crippen molar-refractivity contribution in [2.75, 3.05) is 0 Å². The number of hydrogen-bond acceptors (Lipinski definition) is 4. The van der Waals surface area contributed by atoms with E-state index in [-0.39, 0.29) is 0 Å². The van der Waals surface area contributed by atoms with Gasteiger partial charge in [-0.2, -0.15) is 4.68 Å². The van der Waals surface area contributed by atoms with Crippen LogP contribution in [0.3, 0.4) is 0 Å². The molecule has 0 unspecified atom stereocenters. The van der Waals surface area contributed by atoms with Gasteiger partial charge in [-0.1, -0.05) is 6.07 Å². The minimum atomic E-state index is 0.649. The van der Waals surface area contributed by atoms with Crippen LogP contribution in [0.25, 0.3) is 5.69 Å². The van der Waals surface area contributed by atoms with E-state index in [1.54, 1.807) is 4.68 Å². The molecule has 1 aliphatic carbocycles. The number of nitrogens with one attached hydrogen (secondary N) is 1. The van der Waals surface area contributed by atoms with Crippen LogP contribution in [0.2, 0.25) is 0 Å². The van der Waals surface area contributed by atoms with E-state index < -0.39 is 0 Å². The van der Waals surface area contributed by atoms with Gasteiger partial charge < -0.3 is 5.32 Å². The van der Waals surface area contributed by atoms with E-state index in [4.69, 9.17) is 0 Å². The second-order valence-corrected chi connectivity index (χ2v) is 5.47. The molecule has 0 bridgehead atoms. The van der Waals surface area contributed by atoms with Crippen molar-refractivity contribution >= 4 is 15.9 Å². The van der Waals surface area contributed by atoms with Crippen molar-refractivity contribution in [3.63, 3.8) is 0 Å². The number of benzene rings is 1. The van der Waals surface area contributed by atoms with Crippen LogP contribution in [0.4, 0.5) is 0 Å². The number of tetrazole rings is 1. The van der Waals surface area contributed by atoms with Crippen LogP contribution in [0, 0.1) is 6.92 Å². The molecule has 0 radical (unpaired) electrons. The Hall–Kier alpha value is -1.27. The summed E-state index contributed by atoms with van der Waals surface area (Å²) in [5.41, 5.74) is 2.16. The molecule has 0 atom stereocenters. The highest BCUT2D eigenvalue weighted by molar-refractivity contribution is 9.10. The van der Waals surface area contributed by atoms with Gasteiger partial charge in [-0.05, 0) is 63.8 Å². The number of halogens is 1. The highest BCUT2D eigenvalue weighted by atomic mass is 79.9. The molecule has 1 aromatic carbocycles. The van der Waals surface area contributed by atoms with E-state index in [0.717, 1.165) is 16.0 Å². The summed E-state index contributed by atoms with van der Waals surface area (Å²) in [7, 11) is 0. The summed E-state index contributed by atoms with van der Waals surface area (Å²) in [5, 5.41) is 15.3. The molecule has 0 aliphatic heterocycles. The molecule has 5 nitrogen and oxygen atoms in total. The molecule has 1 fully saturated rings. The largest absolute Gasteiger partial charge is 0.307 e. The third-order valence-electron chi connectivity index (χ3n) is 2.99. The number of nitrogens with zero attached hydrogens (tertiary/aromatic N) is 4. The van der Waals surface area contributed by atoms with Gasteiger partial charge in [0, 0.05) is 10.5 Å². The summed E-state index contributed by atoms with van der Waals surface area (Å²) in [5.74, 6) is 0.841. The summed E-state index contributed by atoms with van der Waals surface area (Å²) in [4.78, 5) is 0. The van der Waals surface area contributed by atoms with Crippen molar-refractivity contribution in [3.05, 3.63) is 34.1 Å². The van der Waals surface area contributed by atoms with Gasteiger partial charge in [0.2, 0.25) is 0 Å². The van der Waals surface area contributed by atoms with Crippen molar-refractivity contribution in [2.45, 2.75) is 32.4 Å². The molecule has 1 saturated carbocycles. The Morgan fingerprint density at radius 1 is 1.44 bits per heavy atom. The first-order valence-corrected chi connectivity index (χ1v) is 6.80. The molecule has 1 N–H and O–H groups in total. The summed E-state index contributed by atoms with van der Waals surface area (Å²) in [6.45, 7) is 2.76. The predicted octanol–water partition coefficient (Wildman–Crippen LogP) is 1.99. The van der Waals surface area contributed by atoms with Gasteiger partial charge in [-0.3, -0.25) is 0 Å². The van der Waals surface area contributed by atoms with Crippen molar-refractivity contribution in [1.29, 1.82) is 0 Å². The fourth-order valence-corrected chi connectivity index (χ4v) is 2.23. The zero-order valence-electron chi connectivity index (χ0n) is 10.1. The summed E-state index contributed by atoms with van der Waals surface area (Å²) >= 11 is 3.54. The minimum Gasteiger partial charge on any atom is -0.307 e. The molecule has 0 amide bonds. The Labute approximate surface area is 114 Å². The summed E-state index contributed by atoms with van der Waals surface area (Å²) < 4.78 is 2.78. The molecule has 3 rings (SSSR count). The third-order valence-corrected chi connectivity index (χ3v) is 3.66. The van der Waals surface area contributed by atoms with E-state index in [1.165, 1.54) is 18.4 Å². The number of hydrogen-bond donors (Lipinski definition) is 1. The fraction of sp³-hybridized carbons (Fsp3) is 0.417. The van der Waals surface area contributed by atoms with Gasteiger partial charge in [0.25, 0.3) is 0 Å². The maximum Gasteiger partial charge on any atom is 0.170 e. The zero-order chi connectivity index (χ0) is 12.5. The standard InChI is InChI=1S/C12H14BrN5/c1-8-2-5-10(13)11(6-8)18-12(15-16-17-18)7-14-9-3-4-9/h2,5-6,9,14H,3-4,7H2,1H3. The van der Waals surface area contributed by atoms with Gasteiger partial charge in [0.15, 0.2) is 5.82 Å². The molecule has 1 heterocycles. The van der Waals surface area contributed by atoms with Gasteiger partial charge in [-0.15, -0.1) is 5.10 Å². The number of aromatic nitrogens is 4. The van der Waals surface area contributed by atoms with E-state index in [9.17, 15) is 0 Å². The molecule has 6 heteroatoms. The van der Waals surface area contributed by atoms with E-state index >= 15 is 0 Å². The Kier molecular flexibility index (Phi) is 3.13. The van der Waals surface area contributed by atoms with Crippen LogP contribution >= 0.6 is 15.9 Å². The minimum absolute atomic E-state index is 0.649. The maximum absolute atomic E-state index is 4.08. The second kappa shape index (κ2) is 4.78. The third kappa shape index (κ3) is 2.44. The fourth-order valence-electron chi connectivity index (χ4n) is 1.81. The molecular weight excluding hydrogens is 294 g/mol. The first-order valence-electron chi connectivity index (χ1n) is 6.01. The summed E-state index contributed by atoms with van der Waals surface area (Å²) in [6.07, 6.45) is 2.52. The van der Waals surface area contributed by atoms with Crippen LogP contribution in [0.5, 0.6) is 0 Å². The predicted molar refractivity (Wildman–Crippen MR) is 71.5 cm³/mol. The lowest BCUT2D eigenvalue weighted by Crippen LogP contribution is -2.19. The van der Waals surface area contributed by atoms with Crippen molar-refractivity contribution in [2.24, 2.45) is 0 Å². The number of aryl methyl sites for hydroxylation is 1. The van der Waals surface area contributed by atoms with Crippen LogP contribution in [0.1, 0.15) is 24.2 Å². The molecule has 0 spiro atoms. The Morgan fingerprint density at radius 2 is 2.28 bits per heavy atom. The van der Waals surface area contributed by atoms with E-state index in [2.05, 4.69) is 55.8 Å². The Bertz CT molecular complexity index is 561. The average molecular weight is 308 g/mol. The van der Waals surface area contributed by atoms with Crippen molar-refractivity contribution in [1.82, 2.24) is 25.5 Å². The topological polar surface area (TPSA) is 55.6 Å². The van der Waals surface area contributed by atoms with E-state index in [0.29, 0.717) is 12.6 Å². The van der Waals surface area contributed by atoms with Crippen LogP contribution in [0.15, 0.2) is 22.7 Å². The number of rotatable bonds is 4. The summed E-state index contributed by atoms with van der Waals surface area (Å²) in [6, 6.07) is 6.79. The molecule has 94 valence electrons. The van der Waals surface area contributed by atoms with Crippen molar-refractivity contribution in [3.8, 4) is 5.69 Å². The lowest BCUT2D eigenvalue weighted by molar-refractivity contribution is 0.637. The highest BCUT2D eigenvalue weighted by Crippen LogP contribution is 2.23. The van der Waals surface area contributed by atoms with Gasteiger partial charge >= 0.3 is 0 Å². The highest BCUT2D eigenvalue weighted by Gasteiger charge is 2.21. The van der Waals surface area contributed by atoms with Gasteiger partial charge in [0.1, 0.15) is 0 Å². The molecule has 1 aromatic heterocycles. The molecule has 18 heavy (non-hydrogen) atoms. The maximum atomic E-state index is 4.08. The average Bonchev–Trinajstić information content (AvgIpc) is 3.08. The van der Waals surface area contributed by atoms with Gasteiger partial charge in [0.05, 0.1) is 12.2 Å². The molecule has 1 aliphatic rings. The van der Waals surface area contributed by atoms with Crippen molar-refractivity contribution < 1.29 is 0 Å². The lowest BCUT2D eigenvalue weighted by Gasteiger charge is -2.08.